The quantitative estimate of drug-likeness (QED) is 0.821. The Bertz CT molecular complexity index is 681. The van der Waals surface area contributed by atoms with E-state index in [4.69, 9.17) is 5.73 Å². The molecule has 0 spiro atoms. The molecule has 0 fully saturated rings. The average molecular weight is 270 g/mol. The summed E-state index contributed by atoms with van der Waals surface area (Å²) >= 11 is 0. The van der Waals surface area contributed by atoms with Gasteiger partial charge in [-0.3, -0.25) is 4.68 Å². The standard InChI is InChI=1S/C10H11FN4O2S/c1-15-5-8(13-14-15)6-18(16,17)10-3-2-7(12)4-9(10)11/h2-5H,6,12H2,1H3. The van der Waals surface area contributed by atoms with Crippen molar-refractivity contribution in [3.8, 4) is 0 Å². The molecule has 0 amide bonds. The molecular formula is C10H11FN4O2S. The predicted molar refractivity (Wildman–Crippen MR) is 62.7 cm³/mol. The number of halogens is 1. The van der Waals surface area contributed by atoms with Crippen LogP contribution in [-0.4, -0.2) is 23.4 Å². The maximum absolute atomic E-state index is 13.6. The van der Waals surface area contributed by atoms with Crippen LogP contribution in [0.15, 0.2) is 29.3 Å². The lowest BCUT2D eigenvalue weighted by molar-refractivity contribution is 0.566. The fourth-order valence-corrected chi connectivity index (χ4v) is 2.81. The van der Waals surface area contributed by atoms with Crippen LogP contribution in [0, 0.1) is 5.82 Å². The number of hydrogen-bond donors (Lipinski definition) is 1. The summed E-state index contributed by atoms with van der Waals surface area (Å²) in [6.07, 6.45) is 1.47. The second-order valence-corrected chi connectivity index (χ2v) is 5.79. The fourth-order valence-electron chi connectivity index (χ4n) is 1.50. The Labute approximate surface area is 103 Å². The Hall–Kier alpha value is -1.96. The van der Waals surface area contributed by atoms with Crippen LogP contribution in [0.25, 0.3) is 0 Å². The molecule has 0 atom stereocenters. The van der Waals surface area contributed by atoms with Crippen molar-refractivity contribution in [1.29, 1.82) is 0 Å². The molecule has 1 heterocycles. The van der Waals surface area contributed by atoms with Crippen LogP contribution in [0.5, 0.6) is 0 Å². The molecule has 8 heteroatoms. The molecule has 0 radical (unpaired) electrons. The summed E-state index contributed by atoms with van der Waals surface area (Å²) < 4.78 is 38.9. The number of aryl methyl sites for hydroxylation is 1. The fraction of sp³-hybridized carbons (Fsp3) is 0.200. The van der Waals surface area contributed by atoms with Gasteiger partial charge in [-0.15, -0.1) is 5.10 Å². The van der Waals surface area contributed by atoms with Gasteiger partial charge in [0.25, 0.3) is 0 Å². The second-order valence-electron chi connectivity index (χ2n) is 3.83. The molecule has 0 aliphatic carbocycles. The summed E-state index contributed by atoms with van der Waals surface area (Å²) in [5.41, 5.74) is 5.80. The number of aromatic nitrogens is 3. The Morgan fingerprint density at radius 2 is 2.17 bits per heavy atom. The number of rotatable bonds is 3. The first-order valence-corrected chi connectivity index (χ1v) is 6.67. The van der Waals surface area contributed by atoms with Crippen LogP contribution in [0.1, 0.15) is 5.69 Å². The first-order chi connectivity index (χ1) is 8.38. The number of nitrogens with zero attached hydrogens (tertiary/aromatic N) is 3. The van der Waals surface area contributed by atoms with Crippen molar-refractivity contribution in [1.82, 2.24) is 15.0 Å². The van der Waals surface area contributed by atoms with Crippen LogP contribution >= 0.6 is 0 Å². The lowest BCUT2D eigenvalue weighted by Gasteiger charge is -2.04. The van der Waals surface area contributed by atoms with Crippen LogP contribution in [-0.2, 0) is 22.6 Å². The molecule has 2 N–H and O–H groups in total. The predicted octanol–water partition coefficient (Wildman–Crippen LogP) is 0.510. The Balaban J connectivity index is 2.36. The third-order valence-corrected chi connectivity index (χ3v) is 3.96. The van der Waals surface area contributed by atoms with Gasteiger partial charge >= 0.3 is 0 Å². The highest BCUT2D eigenvalue weighted by atomic mass is 32.2. The molecule has 18 heavy (non-hydrogen) atoms. The minimum Gasteiger partial charge on any atom is -0.399 e. The number of hydrogen-bond acceptors (Lipinski definition) is 5. The van der Waals surface area contributed by atoms with E-state index < -0.39 is 21.4 Å². The molecule has 2 aromatic rings. The second kappa shape index (κ2) is 4.37. The lowest BCUT2D eigenvalue weighted by Crippen LogP contribution is -2.08. The van der Waals surface area contributed by atoms with E-state index in [0.29, 0.717) is 0 Å². The molecule has 96 valence electrons. The van der Waals surface area contributed by atoms with E-state index >= 15 is 0 Å². The number of nitrogen functional groups attached to an aromatic ring is 1. The van der Waals surface area contributed by atoms with E-state index in [1.165, 1.54) is 16.9 Å². The third-order valence-electron chi connectivity index (χ3n) is 2.28. The van der Waals surface area contributed by atoms with E-state index in [0.717, 1.165) is 12.1 Å². The van der Waals surface area contributed by atoms with Crippen LogP contribution in [0.2, 0.25) is 0 Å². The Kier molecular flexibility index (Phi) is 3.04. The molecular weight excluding hydrogens is 259 g/mol. The van der Waals surface area contributed by atoms with Gasteiger partial charge in [0.1, 0.15) is 16.5 Å². The maximum Gasteiger partial charge on any atom is 0.187 e. The van der Waals surface area contributed by atoms with Gasteiger partial charge in [-0.1, -0.05) is 5.21 Å². The monoisotopic (exact) mass is 270 g/mol. The molecule has 0 unspecified atom stereocenters. The Morgan fingerprint density at radius 3 is 2.72 bits per heavy atom. The zero-order valence-corrected chi connectivity index (χ0v) is 10.4. The third kappa shape index (κ3) is 2.48. The molecule has 2 rings (SSSR count). The van der Waals surface area contributed by atoms with Crippen LogP contribution < -0.4 is 5.73 Å². The molecule has 0 saturated carbocycles. The van der Waals surface area contributed by atoms with E-state index in [-0.39, 0.29) is 16.3 Å². The summed E-state index contributed by atoms with van der Waals surface area (Å²) in [4.78, 5) is -0.387. The SMILES string of the molecule is Cn1cc(CS(=O)(=O)c2ccc(N)cc2F)nn1. The smallest absolute Gasteiger partial charge is 0.187 e. The number of anilines is 1. The van der Waals surface area contributed by atoms with Gasteiger partial charge in [0.2, 0.25) is 0 Å². The van der Waals surface area contributed by atoms with Crippen molar-refractivity contribution in [3.63, 3.8) is 0 Å². The Morgan fingerprint density at radius 1 is 1.44 bits per heavy atom. The highest BCUT2D eigenvalue weighted by Crippen LogP contribution is 2.20. The first-order valence-electron chi connectivity index (χ1n) is 5.01. The minimum absolute atomic E-state index is 0.172. The van der Waals surface area contributed by atoms with Crippen LogP contribution in [0.4, 0.5) is 10.1 Å². The van der Waals surface area contributed by atoms with Crippen molar-refractivity contribution in [3.05, 3.63) is 35.9 Å². The summed E-state index contributed by atoms with van der Waals surface area (Å²) in [5, 5.41) is 7.28. The maximum atomic E-state index is 13.6. The summed E-state index contributed by atoms with van der Waals surface area (Å²) in [6.45, 7) is 0. The summed E-state index contributed by atoms with van der Waals surface area (Å²) in [6, 6.07) is 3.46. The van der Waals surface area contributed by atoms with Crippen molar-refractivity contribution in [2.75, 3.05) is 5.73 Å². The number of nitrogens with two attached hydrogens (primary N) is 1. The van der Waals surface area contributed by atoms with Gasteiger partial charge < -0.3 is 5.73 Å². The van der Waals surface area contributed by atoms with Crippen molar-refractivity contribution >= 4 is 15.5 Å². The first kappa shape index (κ1) is 12.5. The largest absolute Gasteiger partial charge is 0.399 e. The van der Waals surface area contributed by atoms with Crippen molar-refractivity contribution < 1.29 is 12.8 Å². The number of sulfone groups is 1. The normalized spacial score (nSPS) is 11.7. The van der Waals surface area contributed by atoms with Gasteiger partial charge in [0.15, 0.2) is 9.84 Å². The summed E-state index contributed by atoms with van der Waals surface area (Å²) in [5.74, 6) is -1.26. The van der Waals surface area contributed by atoms with Crippen molar-refractivity contribution in [2.24, 2.45) is 7.05 Å². The van der Waals surface area contributed by atoms with E-state index in [1.807, 2.05) is 0 Å². The van der Waals surface area contributed by atoms with Crippen molar-refractivity contribution in [2.45, 2.75) is 10.6 Å². The topological polar surface area (TPSA) is 90.9 Å². The zero-order valence-electron chi connectivity index (χ0n) is 9.54. The number of benzene rings is 1. The average Bonchev–Trinajstić information content (AvgIpc) is 2.62. The molecule has 1 aromatic heterocycles. The molecule has 0 aliphatic rings. The molecule has 6 nitrogen and oxygen atoms in total. The highest BCUT2D eigenvalue weighted by Gasteiger charge is 2.21. The minimum atomic E-state index is -3.79. The molecule has 0 bridgehead atoms. The van der Waals surface area contributed by atoms with Gasteiger partial charge in [-0.2, -0.15) is 0 Å². The summed E-state index contributed by atoms with van der Waals surface area (Å²) in [7, 11) is -2.18. The van der Waals surface area contributed by atoms with E-state index in [1.54, 1.807) is 7.05 Å². The van der Waals surface area contributed by atoms with E-state index in [2.05, 4.69) is 10.3 Å². The van der Waals surface area contributed by atoms with Gasteiger partial charge in [0.05, 0.1) is 5.69 Å². The van der Waals surface area contributed by atoms with Gasteiger partial charge in [0, 0.05) is 18.9 Å². The van der Waals surface area contributed by atoms with Gasteiger partial charge in [-0.25, -0.2) is 12.8 Å². The highest BCUT2D eigenvalue weighted by molar-refractivity contribution is 7.90. The zero-order chi connectivity index (χ0) is 13.3. The molecule has 0 saturated heterocycles. The molecule has 0 aliphatic heterocycles. The lowest BCUT2D eigenvalue weighted by atomic mass is 10.3. The molecule has 1 aromatic carbocycles. The van der Waals surface area contributed by atoms with Gasteiger partial charge in [-0.05, 0) is 18.2 Å². The van der Waals surface area contributed by atoms with Crippen LogP contribution in [0.3, 0.4) is 0 Å². The van der Waals surface area contributed by atoms with E-state index in [9.17, 15) is 12.8 Å².